The van der Waals surface area contributed by atoms with Crippen LogP contribution in [-0.2, 0) is 14.4 Å². The van der Waals surface area contributed by atoms with E-state index in [-0.39, 0.29) is 0 Å². The molecule has 0 saturated heterocycles. The van der Waals surface area contributed by atoms with Crippen LogP contribution in [0.1, 0.15) is 12.8 Å². The monoisotopic (exact) mass is 276 g/mol. The van der Waals surface area contributed by atoms with Crippen molar-refractivity contribution in [3.63, 3.8) is 0 Å². The van der Waals surface area contributed by atoms with Gasteiger partial charge in [0.05, 0.1) is 11.8 Å². The molecule has 2 atom stereocenters. The van der Waals surface area contributed by atoms with Crippen LogP contribution in [0.15, 0.2) is 0 Å². The Bertz CT molecular complexity index is 358. The fraction of sp³-hybridized carbons (Fsp3) is 0.667. The molecular weight excluding hydrogens is 270 g/mol. The standard InChI is InChI=1S/C9H6F6O3/c10-8(11,12)6(17)3-1-2-4(5(3)16)7(18)9(13,14)15/h3-4H,1-2H2. The van der Waals surface area contributed by atoms with Gasteiger partial charge in [-0.1, -0.05) is 0 Å². The molecule has 0 heterocycles. The molecular formula is C9H6F6O3. The highest BCUT2D eigenvalue weighted by atomic mass is 19.4. The quantitative estimate of drug-likeness (QED) is 0.571. The molecule has 0 bridgehead atoms. The van der Waals surface area contributed by atoms with Crippen molar-refractivity contribution in [2.45, 2.75) is 25.2 Å². The minimum Gasteiger partial charge on any atom is -0.298 e. The maximum atomic E-state index is 12.0. The number of halogens is 6. The molecule has 1 fully saturated rings. The molecule has 0 aromatic rings. The molecule has 0 aromatic heterocycles. The second-order valence-electron chi connectivity index (χ2n) is 3.81. The van der Waals surface area contributed by atoms with E-state index < -0.39 is 54.4 Å². The van der Waals surface area contributed by atoms with E-state index in [1.54, 1.807) is 0 Å². The molecule has 2 unspecified atom stereocenters. The second-order valence-corrected chi connectivity index (χ2v) is 3.81. The van der Waals surface area contributed by atoms with Crippen LogP contribution >= 0.6 is 0 Å². The molecule has 0 aromatic carbocycles. The van der Waals surface area contributed by atoms with Crippen LogP contribution in [0.25, 0.3) is 0 Å². The molecule has 102 valence electrons. The van der Waals surface area contributed by atoms with Crippen LogP contribution in [0, 0.1) is 11.8 Å². The van der Waals surface area contributed by atoms with E-state index in [1.807, 2.05) is 0 Å². The summed E-state index contributed by atoms with van der Waals surface area (Å²) in [7, 11) is 0. The third-order valence-electron chi connectivity index (χ3n) is 2.62. The molecule has 1 aliphatic carbocycles. The van der Waals surface area contributed by atoms with Crippen molar-refractivity contribution < 1.29 is 40.7 Å². The zero-order valence-corrected chi connectivity index (χ0v) is 8.56. The molecule has 0 aliphatic heterocycles. The Hall–Kier alpha value is -1.41. The number of alkyl halides is 6. The summed E-state index contributed by atoms with van der Waals surface area (Å²) in [6.07, 6.45) is -12.0. The zero-order valence-electron chi connectivity index (χ0n) is 8.56. The van der Waals surface area contributed by atoms with Gasteiger partial charge in [0.15, 0.2) is 5.78 Å². The Kier molecular flexibility index (Phi) is 3.55. The molecule has 0 radical (unpaired) electrons. The van der Waals surface area contributed by atoms with Gasteiger partial charge in [-0.3, -0.25) is 14.4 Å². The van der Waals surface area contributed by atoms with Crippen LogP contribution in [0.5, 0.6) is 0 Å². The van der Waals surface area contributed by atoms with Gasteiger partial charge in [0, 0.05) is 0 Å². The normalized spacial score (nSPS) is 25.3. The largest absolute Gasteiger partial charge is 0.450 e. The fourth-order valence-corrected chi connectivity index (χ4v) is 1.78. The van der Waals surface area contributed by atoms with Gasteiger partial charge in [-0.15, -0.1) is 0 Å². The molecule has 0 amide bonds. The van der Waals surface area contributed by atoms with E-state index in [0.717, 1.165) is 0 Å². The highest BCUT2D eigenvalue weighted by Crippen LogP contribution is 2.36. The number of hydrogen-bond acceptors (Lipinski definition) is 3. The molecule has 1 saturated carbocycles. The lowest BCUT2D eigenvalue weighted by Gasteiger charge is -2.12. The topological polar surface area (TPSA) is 51.2 Å². The van der Waals surface area contributed by atoms with Crippen molar-refractivity contribution in [1.82, 2.24) is 0 Å². The van der Waals surface area contributed by atoms with Gasteiger partial charge in [0.1, 0.15) is 0 Å². The van der Waals surface area contributed by atoms with Gasteiger partial charge in [-0.25, -0.2) is 0 Å². The lowest BCUT2D eigenvalue weighted by atomic mass is 9.96. The van der Waals surface area contributed by atoms with Crippen LogP contribution in [0.3, 0.4) is 0 Å². The number of ketones is 3. The molecule has 0 N–H and O–H groups in total. The number of rotatable bonds is 2. The van der Waals surface area contributed by atoms with Crippen molar-refractivity contribution in [2.75, 3.05) is 0 Å². The lowest BCUT2D eigenvalue weighted by Crippen LogP contribution is -2.38. The summed E-state index contributed by atoms with van der Waals surface area (Å²) in [6, 6.07) is 0. The third-order valence-corrected chi connectivity index (χ3v) is 2.62. The van der Waals surface area contributed by atoms with Crippen molar-refractivity contribution in [3.05, 3.63) is 0 Å². The van der Waals surface area contributed by atoms with Gasteiger partial charge < -0.3 is 0 Å². The van der Waals surface area contributed by atoms with Crippen molar-refractivity contribution in [3.8, 4) is 0 Å². The smallest absolute Gasteiger partial charge is 0.298 e. The summed E-state index contributed by atoms with van der Waals surface area (Å²) in [4.78, 5) is 32.8. The van der Waals surface area contributed by atoms with Crippen molar-refractivity contribution in [2.24, 2.45) is 11.8 Å². The fourth-order valence-electron chi connectivity index (χ4n) is 1.78. The summed E-state index contributed by atoms with van der Waals surface area (Å²) in [5.74, 6) is -10.8. The predicted octanol–water partition coefficient (Wildman–Crippen LogP) is 1.84. The van der Waals surface area contributed by atoms with E-state index in [0.29, 0.717) is 0 Å². The summed E-state index contributed by atoms with van der Waals surface area (Å²) >= 11 is 0. The van der Waals surface area contributed by atoms with E-state index in [4.69, 9.17) is 0 Å². The maximum absolute atomic E-state index is 12.0. The first-order valence-electron chi connectivity index (χ1n) is 4.72. The van der Waals surface area contributed by atoms with Gasteiger partial charge in [0.2, 0.25) is 11.6 Å². The number of carbonyl (C=O) groups excluding carboxylic acids is 3. The number of hydrogen-bond donors (Lipinski definition) is 0. The lowest BCUT2D eigenvalue weighted by molar-refractivity contribution is -0.179. The average Bonchev–Trinajstić information content (AvgIpc) is 2.55. The number of carbonyl (C=O) groups is 3. The number of Topliss-reactive ketones (excluding diaryl/α,β-unsaturated/α-hetero) is 3. The SMILES string of the molecule is O=C1C(C(=O)C(F)(F)F)CCC1C(=O)C(F)(F)F. The third kappa shape index (κ3) is 2.70. The highest BCUT2D eigenvalue weighted by molar-refractivity contribution is 6.15. The van der Waals surface area contributed by atoms with Gasteiger partial charge in [-0.05, 0) is 12.8 Å². The van der Waals surface area contributed by atoms with Crippen molar-refractivity contribution >= 4 is 17.3 Å². The average molecular weight is 276 g/mol. The Morgan fingerprint density at radius 1 is 0.833 bits per heavy atom. The van der Waals surface area contributed by atoms with Gasteiger partial charge >= 0.3 is 12.4 Å². The molecule has 3 nitrogen and oxygen atoms in total. The summed E-state index contributed by atoms with van der Waals surface area (Å²) < 4.78 is 72.2. The molecule has 1 aliphatic rings. The van der Waals surface area contributed by atoms with E-state index >= 15 is 0 Å². The van der Waals surface area contributed by atoms with E-state index in [1.165, 1.54) is 0 Å². The summed E-state index contributed by atoms with van der Waals surface area (Å²) in [5.41, 5.74) is 0. The highest BCUT2D eigenvalue weighted by Gasteiger charge is 2.55. The summed E-state index contributed by atoms with van der Waals surface area (Å²) in [6.45, 7) is 0. The minimum absolute atomic E-state index is 0.691. The molecule has 18 heavy (non-hydrogen) atoms. The first-order valence-corrected chi connectivity index (χ1v) is 4.72. The van der Waals surface area contributed by atoms with Gasteiger partial charge in [-0.2, -0.15) is 26.3 Å². The Balaban J connectivity index is 2.87. The van der Waals surface area contributed by atoms with Crippen LogP contribution in [0.4, 0.5) is 26.3 Å². The minimum atomic E-state index is -5.30. The summed E-state index contributed by atoms with van der Waals surface area (Å²) in [5, 5.41) is 0. The van der Waals surface area contributed by atoms with Crippen molar-refractivity contribution in [1.29, 1.82) is 0 Å². The van der Waals surface area contributed by atoms with Crippen LogP contribution in [0.2, 0.25) is 0 Å². The molecule has 0 spiro atoms. The first kappa shape index (κ1) is 14.7. The van der Waals surface area contributed by atoms with Crippen LogP contribution < -0.4 is 0 Å². The Morgan fingerprint density at radius 3 is 1.33 bits per heavy atom. The molecule has 1 rings (SSSR count). The predicted molar refractivity (Wildman–Crippen MR) is 43.3 cm³/mol. The van der Waals surface area contributed by atoms with E-state index in [9.17, 15) is 40.7 Å². The Labute approximate surface area is 96.1 Å². The zero-order chi connectivity index (χ0) is 14.3. The maximum Gasteiger partial charge on any atom is 0.450 e. The second kappa shape index (κ2) is 4.36. The van der Waals surface area contributed by atoms with Gasteiger partial charge in [0.25, 0.3) is 0 Å². The molecule has 9 heteroatoms. The van der Waals surface area contributed by atoms with Crippen LogP contribution in [-0.4, -0.2) is 29.7 Å². The first-order chi connectivity index (χ1) is 7.96. The van der Waals surface area contributed by atoms with E-state index in [2.05, 4.69) is 0 Å². The Morgan fingerprint density at radius 2 is 1.11 bits per heavy atom.